The second-order valence-electron chi connectivity index (χ2n) is 8.60. The van der Waals surface area contributed by atoms with Gasteiger partial charge in [0.05, 0.1) is 12.5 Å². The topological polar surface area (TPSA) is 112 Å². The maximum absolute atomic E-state index is 13.4. The van der Waals surface area contributed by atoms with Crippen LogP contribution in [0.3, 0.4) is 0 Å². The summed E-state index contributed by atoms with van der Waals surface area (Å²) >= 11 is 0. The number of fused-ring (bicyclic) bond motifs is 1. The molecule has 1 unspecified atom stereocenters. The lowest BCUT2D eigenvalue weighted by molar-refractivity contribution is -0.134. The van der Waals surface area contributed by atoms with Crippen molar-refractivity contribution in [3.8, 4) is 17.6 Å². The first kappa shape index (κ1) is 23.1. The number of anilines is 1. The van der Waals surface area contributed by atoms with E-state index in [1.165, 1.54) is 4.90 Å². The molecule has 4 amide bonds. The molecular formula is C25H26N4O5. The molecule has 176 valence electrons. The van der Waals surface area contributed by atoms with Crippen LogP contribution in [0.1, 0.15) is 30.0 Å². The highest BCUT2D eigenvalue weighted by molar-refractivity contribution is 6.10. The standard InChI is InChI=1S/C25H26N4O5/c1-16-11-17(2)13-19(12-16)28(8-4-7-26)22(30)15-29-23(31)25(3,27-24(29)32)18-5-6-20-21(14-18)34-10-9-33-20/h5-6,11-14H,4,8-10,15H2,1-3H3,(H,27,32). The molecule has 1 atom stereocenters. The molecule has 2 aromatic carbocycles. The number of hydrogen-bond acceptors (Lipinski definition) is 6. The molecule has 0 aliphatic carbocycles. The summed E-state index contributed by atoms with van der Waals surface area (Å²) < 4.78 is 11.1. The van der Waals surface area contributed by atoms with Gasteiger partial charge in [-0.2, -0.15) is 5.26 Å². The van der Waals surface area contributed by atoms with E-state index in [0.717, 1.165) is 16.0 Å². The number of urea groups is 1. The predicted octanol–water partition coefficient (Wildman–Crippen LogP) is 2.79. The largest absolute Gasteiger partial charge is 0.486 e. The molecule has 0 aromatic heterocycles. The van der Waals surface area contributed by atoms with E-state index in [-0.39, 0.29) is 13.0 Å². The number of nitrogens with zero attached hydrogens (tertiary/aromatic N) is 3. The average Bonchev–Trinajstić information content (AvgIpc) is 3.02. The van der Waals surface area contributed by atoms with Gasteiger partial charge in [0.1, 0.15) is 25.3 Å². The molecule has 9 heteroatoms. The fraction of sp³-hybridized carbons (Fsp3) is 0.360. The predicted molar refractivity (Wildman–Crippen MR) is 124 cm³/mol. The van der Waals surface area contributed by atoms with E-state index < -0.39 is 29.9 Å². The van der Waals surface area contributed by atoms with Crippen LogP contribution in [0.2, 0.25) is 0 Å². The molecule has 9 nitrogen and oxygen atoms in total. The first-order valence-corrected chi connectivity index (χ1v) is 11.0. The van der Waals surface area contributed by atoms with Gasteiger partial charge >= 0.3 is 6.03 Å². The Hall–Kier alpha value is -4.06. The van der Waals surface area contributed by atoms with Gasteiger partial charge in [-0.05, 0) is 61.7 Å². The molecule has 34 heavy (non-hydrogen) atoms. The molecule has 1 fully saturated rings. The van der Waals surface area contributed by atoms with Crippen LogP contribution in [0.4, 0.5) is 10.5 Å². The van der Waals surface area contributed by atoms with E-state index in [9.17, 15) is 14.4 Å². The molecule has 0 saturated carbocycles. The number of nitriles is 1. The Morgan fingerprint density at radius 2 is 1.79 bits per heavy atom. The lowest BCUT2D eigenvalue weighted by Crippen LogP contribution is -2.45. The normalized spacial score (nSPS) is 18.9. The summed E-state index contributed by atoms with van der Waals surface area (Å²) in [7, 11) is 0. The minimum Gasteiger partial charge on any atom is -0.486 e. The molecule has 4 rings (SSSR count). The maximum Gasteiger partial charge on any atom is 0.325 e. The molecule has 2 aliphatic rings. The van der Waals surface area contributed by atoms with Gasteiger partial charge in [-0.15, -0.1) is 0 Å². The highest BCUT2D eigenvalue weighted by Gasteiger charge is 2.50. The Morgan fingerprint density at radius 1 is 1.12 bits per heavy atom. The number of carbonyl (C=O) groups excluding carboxylic acids is 3. The van der Waals surface area contributed by atoms with E-state index in [0.29, 0.717) is 36.0 Å². The monoisotopic (exact) mass is 462 g/mol. The Labute approximate surface area is 197 Å². The van der Waals surface area contributed by atoms with E-state index in [1.807, 2.05) is 38.1 Å². The third-order valence-corrected chi connectivity index (χ3v) is 5.95. The van der Waals surface area contributed by atoms with Crippen LogP contribution in [0.5, 0.6) is 11.5 Å². The van der Waals surface area contributed by atoms with Crippen LogP contribution in [0.15, 0.2) is 36.4 Å². The number of aryl methyl sites for hydroxylation is 2. The summed E-state index contributed by atoms with van der Waals surface area (Å²) in [6.07, 6.45) is 0.119. The van der Waals surface area contributed by atoms with Crippen molar-refractivity contribution in [3.05, 3.63) is 53.1 Å². The second kappa shape index (κ2) is 9.06. The van der Waals surface area contributed by atoms with Gasteiger partial charge in [0.2, 0.25) is 5.91 Å². The van der Waals surface area contributed by atoms with Crippen molar-refractivity contribution < 1.29 is 23.9 Å². The SMILES string of the molecule is Cc1cc(C)cc(N(CCC#N)C(=O)CN2C(=O)NC(C)(c3ccc4c(c3)OCCO4)C2=O)c1. The van der Waals surface area contributed by atoms with Gasteiger partial charge in [-0.1, -0.05) is 12.1 Å². The molecule has 2 aliphatic heterocycles. The Kier molecular flexibility index (Phi) is 6.16. The summed E-state index contributed by atoms with van der Waals surface area (Å²) in [5.74, 6) is 0.0846. The Balaban J connectivity index is 1.58. The third kappa shape index (κ3) is 4.27. The summed E-state index contributed by atoms with van der Waals surface area (Å²) in [5.41, 5.74) is 1.72. The lowest BCUT2D eigenvalue weighted by Gasteiger charge is -2.26. The molecule has 1 N–H and O–H groups in total. The average molecular weight is 463 g/mol. The summed E-state index contributed by atoms with van der Waals surface area (Å²) in [6.45, 7) is 5.98. The number of imide groups is 1. The van der Waals surface area contributed by atoms with E-state index >= 15 is 0 Å². The van der Waals surface area contributed by atoms with Crippen molar-refractivity contribution in [2.45, 2.75) is 32.7 Å². The van der Waals surface area contributed by atoms with Gasteiger partial charge in [0, 0.05) is 12.2 Å². The van der Waals surface area contributed by atoms with Crippen molar-refractivity contribution in [3.63, 3.8) is 0 Å². The number of rotatable bonds is 6. The van der Waals surface area contributed by atoms with Gasteiger partial charge < -0.3 is 19.7 Å². The minimum atomic E-state index is -1.36. The Bertz CT molecular complexity index is 1180. The van der Waals surface area contributed by atoms with Crippen molar-refractivity contribution >= 4 is 23.5 Å². The van der Waals surface area contributed by atoms with Crippen LogP contribution < -0.4 is 19.7 Å². The number of nitrogens with one attached hydrogen (secondary N) is 1. The zero-order valence-corrected chi connectivity index (χ0v) is 19.4. The number of hydrogen-bond donors (Lipinski definition) is 1. The first-order valence-electron chi connectivity index (χ1n) is 11.0. The quantitative estimate of drug-likeness (QED) is 0.661. The fourth-order valence-electron chi connectivity index (χ4n) is 4.28. The third-order valence-electron chi connectivity index (χ3n) is 5.95. The molecule has 1 saturated heterocycles. The van der Waals surface area contributed by atoms with Crippen LogP contribution in [0, 0.1) is 25.2 Å². The van der Waals surface area contributed by atoms with Gasteiger partial charge in [0.25, 0.3) is 5.91 Å². The maximum atomic E-state index is 13.4. The fourth-order valence-corrected chi connectivity index (χ4v) is 4.28. The van der Waals surface area contributed by atoms with Crippen molar-refractivity contribution in [1.29, 1.82) is 5.26 Å². The van der Waals surface area contributed by atoms with E-state index in [2.05, 4.69) is 5.32 Å². The summed E-state index contributed by atoms with van der Waals surface area (Å²) in [6, 6.07) is 12.1. The second-order valence-corrected chi connectivity index (χ2v) is 8.60. The van der Waals surface area contributed by atoms with E-state index in [1.54, 1.807) is 25.1 Å². The number of carbonyl (C=O) groups is 3. The zero-order valence-electron chi connectivity index (χ0n) is 19.4. The van der Waals surface area contributed by atoms with Crippen LogP contribution >= 0.6 is 0 Å². The molecule has 2 heterocycles. The molecular weight excluding hydrogens is 436 g/mol. The highest BCUT2D eigenvalue weighted by atomic mass is 16.6. The van der Waals surface area contributed by atoms with Gasteiger partial charge in [0.15, 0.2) is 11.5 Å². The number of benzene rings is 2. The van der Waals surface area contributed by atoms with E-state index in [4.69, 9.17) is 14.7 Å². The minimum absolute atomic E-state index is 0.119. The number of ether oxygens (including phenoxy) is 2. The summed E-state index contributed by atoms with van der Waals surface area (Å²) in [5, 5.41) is 11.8. The first-order chi connectivity index (χ1) is 16.2. The van der Waals surface area contributed by atoms with Gasteiger partial charge in [-0.25, -0.2) is 4.79 Å². The zero-order chi connectivity index (χ0) is 24.5. The van der Waals surface area contributed by atoms with Crippen LogP contribution in [-0.2, 0) is 15.1 Å². The highest BCUT2D eigenvalue weighted by Crippen LogP contribution is 2.37. The van der Waals surface area contributed by atoms with Crippen molar-refractivity contribution in [2.24, 2.45) is 0 Å². The van der Waals surface area contributed by atoms with Crippen molar-refractivity contribution in [2.75, 3.05) is 31.2 Å². The van der Waals surface area contributed by atoms with Crippen molar-refractivity contribution in [1.82, 2.24) is 10.2 Å². The summed E-state index contributed by atoms with van der Waals surface area (Å²) in [4.78, 5) is 41.8. The molecule has 0 radical (unpaired) electrons. The molecule has 2 aromatic rings. The lowest BCUT2D eigenvalue weighted by atomic mass is 9.91. The number of amides is 4. The van der Waals surface area contributed by atoms with Crippen LogP contribution in [-0.4, -0.2) is 49.0 Å². The smallest absolute Gasteiger partial charge is 0.325 e. The molecule has 0 spiro atoms. The molecule has 0 bridgehead atoms. The Morgan fingerprint density at radius 3 is 2.47 bits per heavy atom. The van der Waals surface area contributed by atoms with Crippen LogP contribution in [0.25, 0.3) is 0 Å². The van der Waals surface area contributed by atoms with Gasteiger partial charge in [-0.3, -0.25) is 14.5 Å².